The number of anilines is 1. The van der Waals surface area contributed by atoms with Crippen LogP contribution in [0, 0.1) is 11.2 Å². The summed E-state index contributed by atoms with van der Waals surface area (Å²) in [5.74, 6) is 3.24. The van der Waals surface area contributed by atoms with Gasteiger partial charge in [0.2, 0.25) is 0 Å². The van der Waals surface area contributed by atoms with Crippen LogP contribution in [0.25, 0.3) is 0 Å². The topological polar surface area (TPSA) is 36.3 Å². The Labute approximate surface area is 125 Å². The van der Waals surface area contributed by atoms with Gasteiger partial charge in [-0.25, -0.2) is 5.26 Å². The molecule has 0 bridgehead atoms. The molecular formula is C14H19B2N2OP. The molecule has 1 aromatic carbocycles. The van der Waals surface area contributed by atoms with Crippen molar-refractivity contribution in [2.45, 2.75) is 32.5 Å². The van der Waals surface area contributed by atoms with Gasteiger partial charge < -0.3 is 9.64 Å². The van der Waals surface area contributed by atoms with Crippen LogP contribution in [-0.2, 0) is 0 Å². The molecule has 0 aliphatic carbocycles. The molecule has 2 aliphatic rings. The molecule has 1 aromatic rings. The number of hydrogen-bond acceptors (Lipinski definition) is 3. The van der Waals surface area contributed by atoms with Crippen molar-refractivity contribution < 1.29 is 4.74 Å². The molecular weight excluding hydrogens is 265 g/mol. The highest BCUT2D eigenvalue weighted by Gasteiger charge is 2.35. The Morgan fingerprint density at radius 1 is 1.50 bits per heavy atom. The average molecular weight is 284 g/mol. The number of nitrogens with zero attached hydrogens (tertiary/aromatic N) is 2. The highest BCUT2D eigenvalue weighted by molar-refractivity contribution is 7.28. The van der Waals surface area contributed by atoms with E-state index in [0.717, 1.165) is 41.4 Å². The minimum Gasteiger partial charge on any atom is -0.489 e. The highest BCUT2D eigenvalue weighted by Crippen LogP contribution is 2.36. The molecule has 0 amide bonds. The second-order valence-corrected chi connectivity index (χ2v) is 5.58. The lowest BCUT2D eigenvalue weighted by atomic mass is 9.43. The van der Waals surface area contributed by atoms with Gasteiger partial charge in [-0.05, 0) is 30.1 Å². The Balaban J connectivity index is 0.000000704. The van der Waals surface area contributed by atoms with Crippen LogP contribution < -0.4 is 20.4 Å². The van der Waals surface area contributed by atoms with E-state index in [4.69, 9.17) is 17.8 Å². The van der Waals surface area contributed by atoms with Crippen molar-refractivity contribution in [2.24, 2.45) is 0 Å². The van der Waals surface area contributed by atoms with Gasteiger partial charge >= 0.3 is 0 Å². The minimum atomic E-state index is 0.167. The van der Waals surface area contributed by atoms with E-state index in [1.807, 2.05) is 19.9 Å². The van der Waals surface area contributed by atoms with Crippen LogP contribution >= 0.6 is 9.24 Å². The Kier molecular flexibility index (Phi) is 5.00. The number of benzene rings is 1. The average Bonchev–Trinajstić information content (AvgIpc) is 2.50. The van der Waals surface area contributed by atoms with Crippen molar-refractivity contribution in [1.82, 2.24) is 0 Å². The van der Waals surface area contributed by atoms with Gasteiger partial charge in [0.1, 0.15) is 20.2 Å². The summed E-state index contributed by atoms with van der Waals surface area (Å²) in [6, 6.07) is 4.28. The highest BCUT2D eigenvalue weighted by atomic mass is 31.0. The molecule has 0 spiro atoms. The largest absolute Gasteiger partial charge is 0.489 e. The summed E-state index contributed by atoms with van der Waals surface area (Å²) in [6.07, 6.45) is 1.83. The zero-order valence-electron chi connectivity index (χ0n) is 12.1. The van der Waals surface area contributed by atoms with E-state index in [2.05, 4.69) is 26.2 Å². The van der Waals surface area contributed by atoms with Gasteiger partial charge in [0.15, 0.2) is 0 Å². The monoisotopic (exact) mass is 284 g/mol. The first-order valence-corrected chi connectivity index (χ1v) is 7.75. The van der Waals surface area contributed by atoms with Crippen molar-refractivity contribution >= 4 is 40.3 Å². The van der Waals surface area contributed by atoms with Gasteiger partial charge in [0.25, 0.3) is 6.71 Å². The maximum atomic E-state index is 9.03. The number of nitriles is 1. The molecule has 1 saturated heterocycles. The molecule has 102 valence electrons. The molecule has 6 heteroatoms. The van der Waals surface area contributed by atoms with E-state index in [-0.39, 0.29) is 6.71 Å². The fourth-order valence-corrected chi connectivity index (χ4v) is 3.01. The van der Waals surface area contributed by atoms with Gasteiger partial charge in [0, 0.05) is 12.5 Å². The molecule has 0 aromatic heterocycles. The van der Waals surface area contributed by atoms with Crippen molar-refractivity contribution in [3.63, 3.8) is 0 Å². The molecule has 2 aliphatic heterocycles. The molecule has 1 fully saturated rings. The van der Waals surface area contributed by atoms with E-state index < -0.39 is 0 Å². The third-order valence-corrected chi connectivity index (χ3v) is 4.30. The number of ether oxygens (including phenoxy) is 1. The van der Waals surface area contributed by atoms with Crippen molar-refractivity contribution in [2.75, 3.05) is 18.1 Å². The second-order valence-electron chi connectivity index (χ2n) is 4.96. The van der Waals surface area contributed by atoms with Crippen LogP contribution in [0.4, 0.5) is 5.69 Å². The lowest BCUT2D eigenvalue weighted by Crippen LogP contribution is -2.50. The summed E-state index contributed by atoms with van der Waals surface area (Å²) in [7, 11) is 8.55. The SMILES string of the molecule is CC.[B]c1cc2c(cc1P)N1CCB(C#N)CC1CO2. The molecule has 3 rings (SSSR count). The minimum absolute atomic E-state index is 0.167. The molecule has 2 atom stereocenters. The first-order chi connectivity index (χ1) is 9.69. The summed E-state index contributed by atoms with van der Waals surface area (Å²) < 4.78 is 5.78. The number of hydrogen-bond donors (Lipinski definition) is 0. The standard InChI is InChI=1S/C12H13B2N2OP.C2H6/c13-9-3-11-10(4-12(9)18)16-2-1-14(7-15)5-8(16)6-17-11;1-2/h3-4,8H,1-2,5-6,18H2;1-2H3. The normalized spacial score (nSPS) is 19.8. The van der Waals surface area contributed by atoms with Gasteiger partial charge in [-0.2, -0.15) is 0 Å². The zero-order chi connectivity index (χ0) is 14.7. The molecule has 3 nitrogen and oxygen atoms in total. The molecule has 2 heterocycles. The molecule has 2 radical (unpaired) electrons. The first kappa shape index (κ1) is 15.3. The molecule has 20 heavy (non-hydrogen) atoms. The molecule has 2 unspecified atom stereocenters. The summed E-state index contributed by atoms with van der Waals surface area (Å²) in [6.45, 7) is 5.74. The Hall–Kier alpha value is -1.13. The van der Waals surface area contributed by atoms with Crippen LogP contribution in [0.1, 0.15) is 13.8 Å². The Morgan fingerprint density at radius 3 is 2.95 bits per heavy atom. The van der Waals surface area contributed by atoms with Crippen LogP contribution in [-0.4, -0.2) is 33.8 Å². The van der Waals surface area contributed by atoms with E-state index in [1.54, 1.807) is 0 Å². The van der Waals surface area contributed by atoms with Crippen molar-refractivity contribution in [3.8, 4) is 11.7 Å². The molecule has 0 saturated carbocycles. The summed E-state index contributed by atoms with van der Waals surface area (Å²) in [5.41, 5.74) is 1.85. The fourth-order valence-electron chi connectivity index (χ4n) is 2.77. The smallest absolute Gasteiger partial charge is 0.271 e. The van der Waals surface area contributed by atoms with Gasteiger partial charge in [-0.3, -0.25) is 0 Å². The van der Waals surface area contributed by atoms with Crippen LogP contribution in [0.15, 0.2) is 12.1 Å². The van der Waals surface area contributed by atoms with Crippen LogP contribution in [0.3, 0.4) is 0 Å². The lowest BCUT2D eigenvalue weighted by molar-refractivity contribution is 0.268. The maximum Gasteiger partial charge on any atom is 0.271 e. The number of fused-ring (bicyclic) bond motifs is 3. The van der Waals surface area contributed by atoms with Gasteiger partial charge in [-0.15, -0.1) is 9.24 Å². The summed E-state index contributed by atoms with van der Waals surface area (Å²) >= 11 is 0. The second kappa shape index (κ2) is 6.55. The maximum absolute atomic E-state index is 9.03. The number of rotatable bonds is 0. The van der Waals surface area contributed by atoms with Crippen molar-refractivity contribution in [3.05, 3.63) is 12.1 Å². The Morgan fingerprint density at radius 2 is 2.25 bits per heavy atom. The molecule has 0 N–H and O–H groups in total. The lowest BCUT2D eigenvalue weighted by Gasteiger charge is -2.42. The predicted octanol–water partition coefficient (Wildman–Crippen LogP) is 1.15. The van der Waals surface area contributed by atoms with E-state index in [0.29, 0.717) is 12.6 Å². The fraction of sp³-hybridized carbons (Fsp3) is 0.500. The summed E-state index contributed by atoms with van der Waals surface area (Å²) in [5, 5.41) is 10.0. The van der Waals surface area contributed by atoms with E-state index in [9.17, 15) is 0 Å². The van der Waals surface area contributed by atoms with Crippen molar-refractivity contribution in [1.29, 1.82) is 5.26 Å². The first-order valence-electron chi connectivity index (χ1n) is 7.17. The van der Waals surface area contributed by atoms with E-state index >= 15 is 0 Å². The quantitative estimate of drug-likeness (QED) is 0.529. The third-order valence-electron chi connectivity index (χ3n) is 3.80. The van der Waals surface area contributed by atoms with E-state index in [1.165, 1.54) is 0 Å². The third kappa shape index (κ3) is 2.81. The van der Waals surface area contributed by atoms with Gasteiger partial charge in [0.05, 0.1) is 11.7 Å². The van der Waals surface area contributed by atoms with Gasteiger partial charge in [-0.1, -0.05) is 19.3 Å². The zero-order valence-corrected chi connectivity index (χ0v) is 13.2. The predicted molar refractivity (Wildman–Crippen MR) is 90.1 cm³/mol. The summed E-state index contributed by atoms with van der Waals surface area (Å²) in [4.78, 5) is 2.36. The Bertz CT molecular complexity index is 533. The van der Waals surface area contributed by atoms with Crippen LogP contribution in [0.5, 0.6) is 5.75 Å². The van der Waals surface area contributed by atoms with Crippen LogP contribution in [0.2, 0.25) is 12.6 Å².